The Morgan fingerprint density at radius 1 is 1.44 bits per heavy atom. The molecule has 2 rings (SSSR count). The average Bonchev–Trinajstić information content (AvgIpc) is 2.43. The topological polar surface area (TPSA) is 83.0 Å². The van der Waals surface area contributed by atoms with E-state index in [4.69, 9.17) is 0 Å². The lowest BCUT2D eigenvalue weighted by Crippen LogP contribution is -2.19. The highest BCUT2D eigenvalue weighted by Crippen LogP contribution is 2.25. The van der Waals surface area contributed by atoms with Gasteiger partial charge >= 0.3 is 11.5 Å². The summed E-state index contributed by atoms with van der Waals surface area (Å²) in [6.45, 7) is 0. The molecule has 2 aromatic rings. The molecule has 0 bridgehead atoms. The minimum Gasteiger partial charge on any atom is -0.358 e. The van der Waals surface area contributed by atoms with E-state index in [2.05, 4.69) is 20.9 Å². The molecule has 0 aliphatic carbocycles. The zero-order valence-electron chi connectivity index (χ0n) is 8.47. The molecule has 0 saturated heterocycles. The van der Waals surface area contributed by atoms with E-state index in [1.807, 2.05) is 0 Å². The summed E-state index contributed by atoms with van der Waals surface area (Å²) in [5.41, 5.74) is 0.572. The van der Waals surface area contributed by atoms with Crippen molar-refractivity contribution in [1.29, 1.82) is 0 Å². The van der Waals surface area contributed by atoms with E-state index in [0.717, 1.165) is 0 Å². The molecule has 0 unspecified atom stereocenters. The minimum absolute atomic E-state index is 0.256. The third kappa shape index (κ3) is 1.33. The first kappa shape index (κ1) is 10.8. The molecule has 2 aromatic heterocycles. The maximum Gasteiger partial charge on any atom is 0.380 e. The fraction of sp³-hybridized carbons (Fsp3) is 0.250. The zero-order chi connectivity index (χ0) is 12.0. The normalized spacial score (nSPS) is 10.9. The van der Waals surface area contributed by atoms with Crippen molar-refractivity contribution >= 4 is 32.9 Å². The summed E-state index contributed by atoms with van der Waals surface area (Å²) in [6.07, 6.45) is 0. The van der Waals surface area contributed by atoms with Gasteiger partial charge in [-0.2, -0.15) is 0 Å². The summed E-state index contributed by atoms with van der Waals surface area (Å²) in [5, 5.41) is 10.7. The molecule has 0 radical (unpaired) electrons. The number of pyridine rings is 1. The van der Waals surface area contributed by atoms with Gasteiger partial charge in [-0.3, -0.25) is 9.13 Å². The molecule has 0 N–H and O–H groups in total. The van der Waals surface area contributed by atoms with E-state index in [-0.39, 0.29) is 16.0 Å². The predicted octanol–water partition coefficient (Wildman–Crippen LogP) is 0.943. The Labute approximate surface area is 97.6 Å². The summed E-state index contributed by atoms with van der Waals surface area (Å²) >= 11 is 3.06. The molecular formula is C8H7BrN4O3. The smallest absolute Gasteiger partial charge is 0.358 e. The number of hydrogen-bond acceptors (Lipinski definition) is 4. The number of nitro groups is 1. The number of nitrogens with zero attached hydrogens (tertiary/aromatic N) is 4. The second kappa shape index (κ2) is 3.41. The molecule has 2 heterocycles. The van der Waals surface area contributed by atoms with Gasteiger partial charge in [0.1, 0.15) is 9.99 Å². The van der Waals surface area contributed by atoms with Gasteiger partial charge in [-0.05, 0) is 31.9 Å². The number of halogens is 1. The van der Waals surface area contributed by atoms with E-state index in [9.17, 15) is 14.9 Å². The Kier molecular flexibility index (Phi) is 2.30. The molecule has 0 aromatic carbocycles. The third-order valence-corrected chi connectivity index (χ3v) is 2.93. The van der Waals surface area contributed by atoms with E-state index in [1.54, 1.807) is 7.05 Å². The summed E-state index contributed by atoms with van der Waals surface area (Å²) in [6, 6.07) is 1.52. The van der Waals surface area contributed by atoms with Crippen LogP contribution >= 0.6 is 15.9 Å². The Hall–Kier alpha value is -1.70. The highest BCUT2D eigenvalue weighted by Gasteiger charge is 2.21. The minimum atomic E-state index is -0.596. The first-order valence-electron chi connectivity index (χ1n) is 4.30. The van der Waals surface area contributed by atoms with Gasteiger partial charge in [0, 0.05) is 14.1 Å². The fourth-order valence-corrected chi connectivity index (χ4v) is 1.95. The lowest BCUT2D eigenvalue weighted by atomic mass is 10.4. The number of hydrogen-bond donors (Lipinski definition) is 0. The van der Waals surface area contributed by atoms with Crippen LogP contribution in [0.15, 0.2) is 15.3 Å². The lowest BCUT2D eigenvalue weighted by Gasteiger charge is -1.96. The molecule has 16 heavy (non-hydrogen) atoms. The number of aromatic nitrogens is 3. The molecule has 0 saturated carbocycles. The van der Waals surface area contributed by atoms with Crippen LogP contribution < -0.4 is 5.69 Å². The van der Waals surface area contributed by atoms with Crippen LogP contribution in [0.3, 0.4) is 0 Å². The predicted molar refractivity (Wildman–Crippen MR) is 60.3 cm³/mol. The van der Waals surface area contributed by atoms with Gasteiger partial charge in [0.25, 0.3) is 5.65 Å². The standard InChI is InChI=1S/C8H7BrN4O3/c1-11-5-3-4(9)6(13(15)16)10-7(5)12(2)8(11)14/h3H,1-2H3. The average molecular weight is 287 g/mol. The number of fused-ring (bicyclic) bond motifs is 1. The largest absolute Gasteiger partial charge is 0.380 e. The highest BCUT2D eigenvalue weighted by molar-refractivity contribution is 9.10. The first-order valence-corrected chi connectivity index (χ1v) is 5.09. The summed E-state index contributed by atoms with van der Waals surface area (Å²) in [5.74, 6) is -0.297. The van der Waals surface area contributed by atoms with Crippen LogP contribution in [-0.4, -0.2) is 19.0 Å². The van der Waals surface area contributed by atoms with Crippen LogP contribution in [-0.2, 0) is 14.1 Å². The lowest BCUT2D eigenvalue weighted by molar-refractivity contribution is -0.390. The van der Waals surface area contributed by atoms with Crippen LogP contribution in [0.5, 0.6) is 0 Å². The second-order valence-electron chi connectivity index (χ2n) is 3.29. The zero-order valence-corrected chi connectivity index (χ0v) is 10.1. The first-order chi connectivity index (χ1) is 7.43. The number of rotatable bonds is 1. The van der Waals surface area contributed by atoms with Crippen LogP contribution in [0.2, 0.25) is 0 Å². The van der Waals surface area contributed by atoms with E-state index in [0.29, 0.717) is 11.2 Å². The summed E-state index contributed by atoms with van der Waals surface area (Å²) in [7, 11) is 3.11. The van der Waals surface area contributed by atoms with Crippen molar-refractivity contribution in [2.75, 3.05) is 0 Å². The van der Waals surface area contributed by atoms with Gasteiger partial charge in [-0.25, -0.2) is 4.79 Å². The Morgan fingerprint density at radius 2 is 2.06 bits per heavy atom. The van der Waals surface area contributed by atoms with Crippen molar-refractivity contribution in [3.05, 3.63) is 31.1 Å². The molecule has 84 valence electrons. The van der Waals surface area contributed by atoms with Gasteiger partial charge in [0.15, 0.2) is 0 Å². The van der Waals surface area contributed by atoms with E-state index >= 15 is 0 Å². The molecule has 0 aliphatic heterocycles. The number of imidazole rings is 1. The van der Waals surface area contributed by atoms with Crippen LogP contribution in [0.1, 0.15) is 0 Å². The summed E-state index contributed by atoms with van der Waals surface area (Å²) in [4.78, 5) is 25.5. The molecule has 0 atom stereocenters. The molecule has 8 heteroatoms. The van der Waals surface area contributed by atoms with Crippen molar-refractivity contribution in [1.82, 2.24) is 14.1 Å². The third-order valence-electron chi connectivity index (χ3n) is 2.34. The van der Waals surface area contributed by atoms with Gasteiger partial charge in [-0.15, -0.1) is 0 Å². The summed E-state index contributed by atoms with van der Waals surface area (Å²) < 4.78 is 2.91. The molecule has 0 fully saturated rings. The monoisotopic (exact) mass is 286 g/mol. The second-order valence-corrected chi connectivity index (χ2v) is 4.15. The molecule has 7 nitrogen and oxygen atoms in total. The highest BCUT2D eigenvalue weighted by atomic mass is 79.9. The van der Waals surface area contributed by atoms with Crippen LogP contribution in [0, 0.1) is 10.1 Å². The van der Waals surface area contributed by atoms with Gasteiger partial charge in [0.2, 0.25) is 0 Å². The van der Waals surface area contributed by atoms with Crippen molar-refractivity contribution in [2.45, 2.75) is 0 Å². The SMILES string of the molecule is Cn1c(=O)n(C)c2nc([N+](=O)[O-])c(Br)cc21. The van der Waals surface area contributed by atoms with Gasteiger partial charge in [-0.1, -0.05) is 0 Å². The molecule has 0 spiro atoms. The van der Waals surface area contributed by atoms with E-state index < -0.39 is 4.92 Å². The molecule has 0 aliphatic rings. The van der Waals surface area contributed by atoms with E-state index in [1.165, 1.54) is 22.2 Å². The fourth-order valence-electron chi connectivity index (χ4n) is 1.50. The van der Waals surface area contributed by atoms with Crippen molar-refractivity contribution in [3.8, 4) is 0 Å². The van der Waals surface area contributed by atoms with Crippen LogP contribution in [0.25, 0.3) is 11.2 Å². The van der Waals surface area contributed by atoms with Crippen LogP contribution in [0.4, 0.5) is 5.82 Å². The Bertz CT molecular complexity index is 657. The van der Waals surface area contributed by atoms with Crippen molar-refractivity contribution < 1.29 is 4.92 Å². The Morgan fingerprint density at radius 3 is 2.62 bits per heavy atom. The molecule has 0 amide bonds. The van der Waals surface area contributed by atoms with Crippen molar-refractivity contribution in [2.24, 2.45) is 14.1 Å². The quantitative estimate of drug-likeness (QED) is 0.577. The van der Waals surface area contributed by atoms with Crippen molar-refractivity contribution in [3.63, 3.8) is 0 Å². The van der Waals surface area contributed by atoms with Gasteiger partial charge < -0.3 is 10.1 Å². The maximum absolute atomic E-state index is 11.6. The number of aryl methyl sites for hydroxylation is 2. The molecular weight excluding hydrogens is 280 g/mol. The van der Waals surface area contributed by atoms with Gasteiger partial charge in [0.05, 0.1) is 0 Å². The Balaban J connectivity index is 2.96. The maximum atomic E-state index is 11.6.